The molecule has 0 bridgehead atoms. The highest BCUT2D eigenvalue weighted by molar-refractivity contribution is 7.18. The van der Waals surface area contributed by atoms with E-state index in [1.54, 1.807) is 6.92 Å². The Morgan fingerprint density at radius 1 is 1.38 bits per heavy atom. The monoisotopic (exact) mass is 307 g/mol. The van der Waals surface area contributed by atoms with Crippen molar-refractivity contribution in [1.29, 1.82) is 0 Å². The predicted molar refractivity (Wildman–Crippen MR) is 81.3 cm³/mol. The van der Waals surface area contributed by atoms with Gasteiger partial charge in [0.2, 0.25) is 0 Å². The Morgan fingerprint density at radius 2 is 2.10 bits per heavy atom. The molecule has 0 fully saturated rings. The Hall–Kier alpha value is -2.15. The van der Waals surface area contributed by atoms with E-state index in [0.29, 0.717) is 6.42 Å². The SMILES string of the molecule is CCC(C)(NC(=O)NCc1nc2ccccc2s1)C(=O)O. The first-order valence-corrected chi connectivity index (χ1v) is 7.40. The quantitative estimate of drug-likeness (QED) is 0.790. The summed E-state index contributed by atoms with van der Waals surface area (Å²) >= 11 is 1.50. The Bertz CT molecular complexity index is 637. The zero-order chi connectivity index (χ0) is 15.5. The van der Waals surface area contributed by atoms with Gasteiger partial charge in [0.15, 0.2) is 0 Å². The maximum absolute atomic E-state index is 11.8. The van der Waals surface area contributed by atoms with Crippen molar-refractivity contribution in [3.63, 3.8) is 0 Å². The summed E-state index contributed by atoms with van der Waals surface area (Å²) in [6.07, 6.45) is 0.302. The van der Waals surface area contributed by atoms with Gasteiger partial charge in [-0.05, 0) is 25.5 Å². The highest BCUT2D eigenvalue weighted by atomic mass is 32.1. The topological polar surface area (TPSA) is 91.3 Å². The first-order chi connectivity index (χ1) is 9.94. The van der Waals surface area contributed by atoms with E-state index in [1.165, 1.54) is 18.3 Å². The van der Waals surface area contributed by atoms with Gasteiger partial charge in [-0.15, -0.1) is 11.3 Å². The van der Waals surface area contributed by atoms with E-state index in [9.17, 15) is 9.59 Å². The van der Waals surface area contributed by atoms with Gasteiger partial charge in [-0.3, -0.25) is 0 Å². The molecule has 1 atom stereocenters. The largest absolute Gasteiger partial charge is 0.480 e. The zero-order valence-corrected chi connectivity index (χ0v) is 12.7. The van der Waals surface area contributed by atoms with E-state index >= 15 is 0 Å². The molecule has 0 aliphatic rings. The van der Waals surface area contributed by atoms with E-state index in [4.69, 9.17) is 5.11 Å². The molecule has 2 aromatic rings. The van der Waals surface area contributed by atoms with Crippen LogP contribution in [-0.4, -0.2) is 27.6 Å². The third-order valence-electron chi connectivity index (χ3n) is 3.31. The van der Waals surface area contributed by atoms with Gasteiger partial charge >= 0.3 is 12.0 Å². The second-order valence-electron chi connectivity index (χ2n) is 4.87. The standard InChI is InChI=1S/C14H17N3O3S/c1-3-14(2,12(18)19)17-13(20)15-8-11-16-9-6-4-5-7-10(9)21-11/h4-7H,3,8H2,1-2H3,(H,18,19)(H2,15,17,20). The highest BCUT2D eigenvalue weighted by Gasteiger charge is 2.32. The van der Waals surface area contributed by atoms with E-state index in [0.717, 1.165) is 15.2 Å². The number of urea groups is 1. The zero-order valence-electron chi connectivity index (χ0n) is 11.8. The number of carbonyl (C=O) groups is 2. The lowest BCUT2D eigenvalue weighted by Crippen LogP contribution is -2.54. The summed E-state index contributed by atoms with van der Waals surface area (Å²) in [5.41, 5.74) is -0.374. The second-order valence-corrected chi connectivity index (χ2v) is 5.99. The number of carboxylic acids is 1. The third kappa shape index (κ3) is 3.49. The Morgan fingerprint density at radius 3 is 2.71 bits per heavy atom. The normalized spacial score (nSPS) is 13.6. The highest BCUT2D eigenvalue weighted by Crippen LogP contribution is 2.21. The molecule has 0 aliphatic carbocycles. The van der Waals surface area contributed by atoms with Crippen LogP contribution in [-0.2, 0) is 11.3 Å². The van der Waals surface area contributed by atoms with Gasteiger partial charge in [-0.25, -0.2) is 14.6 Å². The van der Waals surface area contributed by atoms with Crippen LogP contribution in [0.25, 0.3) is 10.2 Å². The van der Waals surface area contributed by atoms with Gasteiger partial charge < -0.3 is 15.7 Å². The molecule has 7 heteroatoms. The van der Waals surface area contributed by atoms with Gasteiger partial charge in [-0.2, -0.15) is 0 Å². The fourth-order valence-corrected chi connectivity index (χ4v) is 2.65. The van der Waals surface area contributed by atoms with Crippen molar-refractivity contribution in [3.8, 4) is 0 Å². The molecule has 1 unspecified atom stereocenters. The molecule has 2 amide bonds. The van der Waals surface area contributed by atoms with Crippen molar-refractivity contribution < 1.29 is 14.7 Å². The lowest BCUT2D eigenvalue weighted by atomic mass is 10.00. The number of hydrogen-bond donors (Lipinski definition) is 3. The minimum Gasteiger partial charge on any atom is -0.480 e. The summed E-state index contributed by atoms with van der Waals surface area (Å²) in [5.74, 6) is -1.06. The van der Waals surface area contributed by atoms with Crippen LogP contribution in [0.4, 0.5) is 4.79 Å². The van der Waals surface area contributed by atoms with Crippen LogP contribution in [0.2, 0.25) is 0 Å². The summed E-state index contributed by atoms with van der Waals surface area (Å²) in [6, 6.07) is 7.21. The van der Waals surface area contributed by atoms with Crippen LogP contribution in [0.15, 0.2) is 24.3 Å². The molecule has 1 aromatic heterocycles. The number of benzene rings is 1. The average Bonchev–Trinajstić information content (AvgIpc) is 2.87. The number of rotatable bonds is 5. The molecule has 1 aromatic carbocycles. The average molecular weight is 307 g/mol. The molecular formula is C14H17N3O3S. The van der Waals surface area contributed by atoms with Crippen molar-refractivity contribution in [2.24, 2.45) is 0 Å². The molecule has 112 valence electrons. The van der Waals surface area contributed by atoms with Gasteiger partial charge in [0.05, 0.1) is 16.8 Å². The summed E-state index contributed by atoms with van der Waals surface area (Å²) in [7, 11) is 0. The van der Waals surface area contributed by atoms with E-state index in [-0.39, 0.29) is 6.54 Å². The number of hydrogen-bond acceptors (Lipinski definition) is 4. The molecule has 1 heterocycles. The molecule has 0 aliphatic heterocycles. The lowest BCUT2D eigenvalue weighted by molar-refractivity contribution is -0.143. The molecule has 0 saturated heterocycles. The Kier molecular flexibility index (Phi) is 4.42. The maximum Gasteiger partial charge on any atom is 0.329 e. The number of carboxylic acid groups (broad SMARTS) is 1. The molecule has 0 spiro atoms. The number of nitrogens with zero attached hydrogens (tertiary/aromatic N) is 1. The summed E-state index contributed by atoms with van der Waals surface area (Å²) < 4.78 is 1.05. The number of amides is 2. The van der Waals surface area contributed by atoms with Crippen LogP contribution >= 0.6 is 11.3 Å². The smallest absolute Gasteiger partial charge is 0.329 e. The number of para-hydroxylation sites is 1. The maximum atomic E-state index is 11.8. The van der Waals surface area contributed by atoms with E-state index in [2.05, 4.69) is 15.6 Å². The predicted octanol–water partition coefficient (Wildman–Crippen LogP) is 2.35. The summed E-state index contributed by atoms with van der Waals surface area (Å²) in [6.45, 7) is 3.46. The van der Waals surface area contributed by atoms with Crippen LogP contribution in [0.5, 0.6) is 0 Å². The van der Waals surface area contributed by atoms with Crippen LogP contribution in [0.3, 0.4) is 0 Å². The Balaban J connectivity index is 1.96. The fraction of sp³-hybridized carbons (Fsp3) is 0.357. The van der Waals surface area contributed by atoms with Crippen molar-refractivity contribution in [2.75, 3.05) is 0 Å². The molecule has 2 rings (SSSR count). The Labute approximate surface area is 126 Å². The minimum atomic E-state index is -1.27. The molecular weight excluding hydrogens is 290 g/mol. The number of fused-ring (bicyclic) bond motifs is 1. The van der Waals surface area contributed by atoms with Gasteiger partial charge in [0.25, 0.3) is 0 Å². The number of aliphatic carboxylic acids is 1. The summed E-state index contributed by atoms with van der Waals surface area (Å²) in [4.78, 5) is 27.3. The van der Waals surface area contributed by atoms with Crippen molar-refractivity contribution in [2.45, 2.75) is 32.4 Å². The molecule has 3 N–H and O–H groups in total. The van der Waals surface area contributed by atoms with E-state index < -0.39 is 17.5 Å². The number of nitrogens with one attached hydrogen (secondary N) is 2. The van der Waals surface area contributed by atoms with E-state index in [1.807, 2.05) is 24.3 Å². The minimum absolute atomic E-state index is 0.268. The van der Waals surface area contributed by atoms with Crippen molar-refractivity contribution in [1.82, 2.24) is 15.6 Å². The number of carbonyl (C=O) groups excluding carboxylic acids is 1. The van der Waals surface area contributed by atoms with Crippen molar-refractivity contribution in [3.05, 3.63) is 29.3 Å². The van der Waals surface area contributed by atoms with Gasteiger partial charge in [-0.1, -0.05) is 19.1 Å². The van der Waals surface area contributed by atoms with Gasteiger partial charge in [0, 0.05) is 0 Å². The summed E-state index contributed by atoms with van der Waals surface area (Å²) in [5, 5.41) is 15.0. The van der Waals surface area contributed by atoms with Crippen molar-refractivity contribution >= 4 is 33.6 Å². The first-order valence-electron chi connectivity index (χ1n) is 6.58. The third-order valence-corrected chi connectivity index (χ3v) is 4.34. The van der Waals surface area contributed by atoms with Crippen LogP contribution < -0.4 is 10.6 Å². The van der Waals surface area contributed by atoms with Crippen LogP contribution in [0.1, 0.15) is 25.3 Å². The number of thiazole rings is 1. The fourth-order valence-electron chi connectivity index (χ4n) is 1.74. The van der Waals surface area contributed by atoms with Gasteiger partial charge in [0.1, 0.15) is 10.5 Å². The molecule has 0 saturated carbocycles. The molecule has 6 nitrogen and oxygen atoms in total. The second kappa shape index (κ2) is 6.09. The number of aromatic nitrogens is 1. The first kappa shape index (κ1) is 15.2. The lowest BCUT2D eigenvalue weighted by Gasteiger charge is -2.24. The molecule has 21 heavy (non-hydrogen) atoms. The molecule has 0 radical (unpaired) electrons. The van der Waals surface area contributed by atoms with Crippen LogP contribution in [0, 0.1) is 0 Å².